The van der Waals surface area contributed by atoms with E-state index in [-0.39, 0.29) is 5.41 Å². The Morgan fingerprint density at radius 2 is 1.88 bits per heavy atom. The third-order valence-corrected chi connectivity index (χ3v) is 3.88. The first-order valence-electron chi connectivity index (χ1n) is 5.85. The summed E-state index contributed by atoms with van der Waals surface area (Å²) in [5.41, 5.74) is 1.30. The predicted octanol–water partition coefficient (Wildman–Crippen LogP) is 4.81. The van der Waals surface area contributed by atoms with Crippen LogP contribution in [0.15, 0.2) is 55.1 Å². The molecule has 0 aliphatic heterocycles. The molecule has 0 radical (unpaired) electrons. The van der Waals surface area contributed by atoms with E-state index < -0.39 is 0 Å². The van der Waals surface area contributed by atoms with E-state index in [1.54, 1.807) is 0 Å². The summed E-state index contributed by atoms with van der Waals surface area (Å²) in [6.07, 6.45) is 2.89. The van der Waals surface area contributed by atoms with Gasteiger partial charge in [0, 0.05) is 11.3 Å². The zero-order chi connectivity index (χ0) is 12.3. The molecule has 0 spiro atoms. The molecular formula is C16H17Cl. The van der Waals surface area contributed by atoms with Gasteiger partial charge in [0.15, 0.2) is 0 Å². The van der Waals surface area contributed by atoms with Crippen LogP contribution in [0, 0.1) is 5.41 Å². The maximum absolute atomic E-state index is 6.04. The molecule has 1 heteroatoms. The molecule has 0 aliphatic rings. The third kappa shape index (κ3) is 2.53. The standard InChI is InChI=1S/C16H17Cl/c1-3-16(2,12-17)11-14-9-6-8-13-7-4-5-10-15(13)14/h3-10H,1,11-12H2,2H3. The van der Waals surface area contributed by atoms with E-state index in [2.05, 4.69) is 56.0 Å². The molecule has 0 heterocycles. The number of benzene rings is 2. The van der Waals surface area contributed by atoms with E-state index in [4.69, 9.17) is 11.6 Å². The SMILES string of the molecule is C=CC(C)(CCl)Cc1cccc2ccccc12. The molecule has 0 saturated carbocycles. The van der Waals surface area contributed by atoms with Gasteiger partial charge < -0.3 is 0 Å². The Morgan fingerprint density at radius 1 is 1.18 bits per heavy atom. The van der Waals surface area contributed by atoms with Gasteiger partial charge in [-0.1, -0.05) is 55.5 Å². The van der Waals surface area contributed by atoms with Gasteiger partial charge in [-0.2, -0.15) is 0 Å². The number of alkyl halides is 1. The van der Waals surface area contributed by atoms with Crippen molar-refractivity contribution in [1.82, 2.24) is 0 Å². The van der Waals surface area contributed by atoms with Crippen LogP contribution in [-0.4, -0.2) is 5.88 Å². The van der Waals surface area contributed by atoms with Gasteiger partial charge in [0.2, 0.25) is 0 Å². The molecule has 2 rings (SSSR count). The first-order chi connectivity index (χ1) is 8.18. The largest absolute Gasteiger partial charge is 0.126 e. The van der Waals surface area contributed by atoms with Crippen LogP contribution < -0.4 is 0 Å². The van der Waals surface area contributed by atoms with E-state index >= 15 is 0 Å². The first-order valence-corrected chi connectivity index (χ1v) is 6.38. The van der Waals surface area contributed by atoms with Gasteiger partial charge >= 0.3 is 0 Å². The summed E-state index contributed by atoms with van der Waals surface area (Å²) in [7, 11) is 0. The first kappa shape index (κ1) is 12.2. The Balaban J connectivity index is 2.46. The summed E-state index contributed by atoms with van der Waals surface area (Å²) in [6, 6.07) is 14.9. The van der Waals surface area contributed by atoms with Gasteiger partial charge in [-0.15, -0.1) is 18.2 Å². The van der Waals surface area contributed by atoms with E-state index in [1.807, 2.05) is 6.08 Å². The fraction of sp³-hybridized carbons (Fsp3) is 0.250. The summed E-state index contributed by atoms with van der Waals surface area (Å²) in [6.45, 7) is 6.04. The average molecular weight is 245 g/mol. The molecule has 0 aromatic heterocycles. The highest BCUT2D eigenvalue weighted by atomic mass is 35.5. The number of hydrogen-bond acceptors (Lipinski definition) is 0. The van der Waals surface area contributed by atoms with Crippen LogP contribution in [0.1, 0.15) is 12.5 Å². The monoisotopic (exact) mass is 244 g/mol. The van der Waals surface area contributed by atoms with Gasteiger partial charge in [-0.3, -0.25) is 0 Å². The molecule has 1 unspecified atom stereocenters. The predicted molar refractivity (Wildman–Crippen MR) is 76.7 cm³/mol. The van der Waals surface area contributed by atoms with E-state index in [0.717, 1.165) is 6.42 Å². The van der Waals surface area contributed by atoms with Crippen molar-refractivity contribution < 1.29 is 0 Å². The molecule has 1 atom stereocenters. The second-order valence-electron chi connectivity index (χ2n) is 4.81. The molecule has 0 saturated heterocycles. The van der Waals surface area contributed by atoms with Crippen molar-refractivity contribution in [1.29, 1.82) is 0 Å². The Labute approximate surface area is 108 Å². The molecule has 17 heavy (non-hydrogen) atoms. The quantitative estimate of drug-likeness (QED) is 0.535. The van der Waals surface area contributed by atoms with Crippen LogP contribution in [0.5, 0.6) is 0 Å². The second kappa shape index (κ2) is 4.93. The summed E-state index contributed by atoms with van der Waals surface area (Å²) in [4.78, 5) is 0. The summed E-state index contributed by atoms with van der Waals surface area (Å²) < 4.78 is 0. The molecule has 88 valence electrons. The van der Waals surface area contributed by atoms with Gasteiger partial charge in [0.1, 0.15) is 0 Å². The number of rotatable bonds is 4. The van der Waals surface area contributed by atoms with E-state index in [0.29, 0.717) is 5.88 Å². The molecule has 2 aromatic carbocycles. The minimum atomic E-state index is -0.0360. The molecule has 0 fully saturated rings. The van der Waals surface area contributed by atoms with Gasteiger partial charge in [-0.25, -0.2) is 0 Å². The van der Waals surface area contributed by atoms with E-state index in [1.165, 1.54) is 16.3 Å². The average Bonchev–Trinajstić information content (AvgIpc) is 2.39. The highest BCUT2D eigenvalue weighted by Gasteiger charge is 2.20. The van der Waals surface area contributed by atoms with Crippen LogP contribution in [0.4, 0.5) is 0 Å². The number of fused-ring (bicyclic) bond motifs is 1. The second-order valence-corrected chi connectivity index (χ2v) is 5.07. The molecule has 2 aromatic rings. The molecule has 0 nitrogen and oxygen atoms in total. The lowest BCUT2D eigenvalue weighted by Gasteiger charge is -2.23. The van der Waals surface area contributed by atoms with Crippen LogP contribution >= 0.6 is 11.6 Å². The number of hydrogen-bond donors (Lipinski definition) is 0. The summed E-state index contributed by atoms with van der Waals surface area (Å²) in [5, 5.41) is 2.60. The van der Waals surface area contributed by atoms with Crippen LogP contribution in [0.2, 0.25) is 0 Å². The Morgan fingerprint density at radius 3 is 2.59 bits per heavy atom. The maximum Gasteiger partial charge on any atom is 0.0315 e. The Bertz CT molecular complexity index is 525. The third-order valence-electron chi connectivity index (χ3n) is 3.27. The lowest BCUT2D eigenvalue weighted by atomic mass is 9.84. The summed E-state index contributed by atoms with van der Waals surface area (Å²) >= 11 is 6.04. The summed E-state index contributed by atoms with van der Waals surface area (Å²) in [5.74, 6) is 0.597. The lowest BCUT2D eigenvalue weighted by molar-refractivity contribution is 0.488. The lowest BCUT2D eigenvalue weighted by Crippen LogP contribution is -2.18. The van der Waals surface area contributed by atoms with Crippen LogP contribution in [0.25, 0.3) is 10.8 Å². The number of allylic oxidation sites excluding steroid dienone is 1. The van der Waals surface area contributed by atoms with Crippen molar-refractivity contribution in [2.75, 3.05) is 5.88 Å². The fourth-order valence-corrected chi connectivity index (χ4v) is 2.26. The smallest absolute Gasteiger partial charge is 0.0315 e. The number of halogens is 1. The van der Waals surface area contributed by atoms with Gasteiger partial charge in [-0.05, 0) is 22.8 Å². The normalized spacial score (nSPS) is 14.5. The van der Waals surface area contributed by atoms with Crippen LogP contribution in [0.3, 0.4) is 0 Å². The van der Waals surface area contributed by atoms with Gasteiger partial charge in [0.05, 0.1) is 0 Å². The molecule has 0 bridgehead atoms. The Hall–Kier alpha value is -1.27. The Kier molecular flexibility index (Phi) is 3.54. The minimum Gasteiger partial charge on any atom is -0.126 e. The molecule has 0 amide bonds. The van der Waals surface area contributed by atoms with Crippen molar-refractivity contribution in [3.8, 4) is 0 Å². The van der Waals surface area contributed by atoms with Crippen molar-refractivity contribution in [2.24, 2.45) is 5.41 Å². The topological polar surface area (TPSA) is 0 Å². The molecular weight excluding hydrogens is 228 g/mol. The van der Waals surface area contributed by atoms with Crippen molar-refractivity contribution >= 4 is 22.4 Å². The zero-order valence-electron chi connectivity index (χ0n) is 10.1. The highest BCUT2D eigenvalue weighted by Crippen LogP contribution is 2.29. The fourth-order valence-electron chi connectivity index (χ4n) is 2.06. The molecule has 0 N–H and O–H groups in total. The van der Waals surface area contributed by atoms with Crippen molar-refractivity contribution in [2.45, 2.75) is 13.3 Å². The van der Waals surface area contributed by atoms with Gasteiger partial charge in [0.25, 0.3) is 0 Å². The highest BCUT2D eigenvalue weighted by molar-refractivity contribution is 6.18. The zero-order valence-corrected chi connectivity index (χ0v) is 10.9. The van der Waals surface area contributed by atoms with Crippen LogP contribution in [-0.2, 0) is 6.42 Å². The van der Waals surface area contributed by atoms with E-state index in [9.17, 15) is 0 Å². The maximum atomic E-state index is 6.04. The minimum absolute atomic E-state index is 0.0360. The molecule has 0 aliphatic carbocycles. The van der Waals surface area contributed by atoms with Crippen molar-refractivity contribution in [3.05, 3.63) is 60.7 Å². The van der Waals surface area contributed by atoms with Crippen molar-refractivity contribution in [3.63, 3.8) is 0 Å².